The molecule has 0 fully saturated rings. The Morgan fingerprint density at radius 3 is 2.14 bits per heavy atom. The zero-order chi connectivity index (χ0) is 15.5. The van der Waals surface area contributed by atoms with Crippen LogP contribution in [-0.2, 0) is 6.42 Å². The molecule has 1 aromatic carbocycles. The molecular formula is C19H29N3. The van der Waals surface area contributed by atoms with Gasteiger partial charge in [-0.1, -0.05) is 81.7 Å². The molecule has 0 aliphatic heterocycles. The van der Waals surface area contributed by atoms with E-state index < -0.39 is 0 Å². The minimum Gasteiger partial charge on any atom is -0.220 e. The average Bonchev–Trinajstić information content (AvgIpc) is 3.03. The van der Waals surface area contributed by atoms with Crippen LogP contribution < -0.4 is 0 Å². The van der Waals surface area contributed by atoms with Crippen molar-refractivity contribution in [3.63, 3.8) is 0 Å². The highest BCUT2D eigenvalue weighted by atomic mass is 15.4. The fraction of sp³-hybridized carbons (Fsp3) is 0.579. The van der Waals surface area contributed by atoms with Crippen LogP contribution in [0, 0.1) is 0 Å². The Kier molecular flexibility index (Phi) is 7.71. The number of hydrogen-bond donors (Lipinski definition) is 0. The van der Waals surface area contributed by atoms with E-state index in [4.69, 9.17) is 0 Å². The lowest BCUT2D eigenvalue weighted by atomic mass is 10.1. The highest BCUT2D eigenvalue weighted by molar-refractivity contribution is 5.29. The lowest BCUT2D eigenvalue weighted by Gasteiger charge is -2.01. The largest absolute Gasteiger partial charge is 0.220 e. The van der Waals surface area contributed by atoms with Crippen molar-refractivity contribution in [2.24, 2.45) is 0 Å². The minimum atomic E-state index is 1.04. The van der Waals surface area contributed by atoms with E-state index in [0.29, 0.717) is 0 Å². The summed E-state index contributed by atoms with van der Waals surface area (Å²) < 4.78 is 1.86. The summed E-state index contributed by atoms with van der Waals surface area (Å²) in [5.41, 5.74) is 2.18. The Labute approximate surface area is 134 Å². The molecule has 0 atom stereocenters. The van der Waals surface area contributed by atoms with E-state index in [2.05, 4.69) is 35.6 Å². The summed E-state index contributed by atoms with van der Waals surface area (Å²) in [4.78, 5) is 0. The first kappa shape index (κ1) is 16.7. The van der Waals surface area contributed by atoms with E-state index in [-0.39, 0.29) is 0 Å². The van der Waals surface area contributed by atoms with Crippen molar-refractivity contribution in [3.05, 3.63) is 42.2 Å². The van der Waals surface area contributed by atoms with Crippen molar-refractivity contribution in [1.29, 1.82) is 0 Å². The van der Waals surface area contributed by atoms with E-state index in [1.54, 1.807) is 0 Å². The molecule has 0 saturated carbocycles. The molecule has 1 heterocycles. The van der Waals surface area contributed by atoms with Crippen molar-refractivity contribution in [2.45, 2.75) is 71.1 Å². The molecule has 0 bridgehead atoms. The third-order valence-corrected chi connectivity index (χ3v) is 4.10. The fourth-order valence-corrected chi connectivity index (χ4v) is 2.74. The number of unbranched alkanes of at least 4 members (excludes halogenated alkanes) is 8. The van der Waals surface area contributed by atoms with E-state index in [1.807, 2.05) is 22.9 Å². The Morgan fingerprint density at radius 1 is 0.818 bits per heavy atom. The van der Waals surface area contributed by atoms with Gasteiger partial charge in [0, 0.05) is 0 Å². The van der Waals surface area contributed by atoms with Gasteiger partial charge in [0.05, 0.1) is 17.6 Å². The summed E-state index contributed by atoms with van der Waals surface area (Å²) in [6.45, 7) is 2.27. The molecule has 0 unspecified atom stereocenters. The molecule has 3 nitrogen and oxygen atoms in total. The van der Waals surface area contributed by atoms with E-state index in [0.717, 1.165) is 17.8 Å². The number of aryl methyl sites for hydroxylation is 1. The molecular weight excluding hydrogens is 270 g/mol. The quantitative estimate of drug-likeness (QED) is 0.524. The Hall–Kier alpha value is -1.64. The van der Waals surface area contributed by atoms with Crippen LogP contribution in [0.5, 0.6) is 0 Å². The molecule has 120 valence electrons. The van der Waals surface area contributed by atoms with Gasteiger partial charge in [-0.2, -0.15) is 0 Å². The first-order valence-corrected chi connectivity index (χ1v) is 8.87. The summed E-state index contributed by atoms with van der Waals surface area (Å²) in [6.07, 6.45) is 15.4. The molecule has 2 rings (SSSR count). The van der Waals surface area contributed by atoms with Crippen molar-refractivity contribution >= 4 is 0 Å². The van der Waals surface area contributed by atoms with Crippen molar-refractivity contribution in [1.82, 2.24) is 15.0 Å². The molecule has 0 spiro atoms. The van der Waals surface area contributed by atoms with Gasteiger partial charge in [-0.15, -0.1) is 5.10 Å². The van der Waals surface area contributed by atoms with Crippen LogP contribution in [0.4, 0.5) is 0 Å². The SMILES string of the molecule is CCCCCCCCCCCc1cn(-c2ccccc2)nn1. The fourth-order valence-electron chi connectivity index (χ4n) is 2.74. The molecule has 0 aliphatic rings. The van der Waals surface area contributed by atoms with Gasteiger partial charge in [0.1, 0.15) is 0 Å². The van der Waals surface area contributed by atoms with Gasteiger partial charge in [-0.25, -0.2) is 4.68 Å². The van der Waals surface area contributed by atoms with Crippen molar-refractivity contribution < 1.29 is 0 Å². The lowest BCUT2D eigenvalue weighted by Crippen LogP contribution is -1.93. The predicted octanol–water partition coefficient (Wildman–Crippen LogP) is 5.34. The number of hydrogen-bond acceptors (Lipinski definition) is 2. The summed E-state index contributed by atoms with van der Waals surface area (Å²) in [5.74, 6) is 0. The Bertz CT molecular complexity index is 504. The highest BCUT2D eigenvalue weighted by Gasteiger charge is 2.02. The van der Waals surface area contributed by atoms with Crippen LogP contribution in [0.15, 0.2) is 36.5 Å². The van der Waals surface area contributed by atoms with Gasteiger partial charge in [0.25, 0.3) is 0 Å². The second-order valence-corrected chi connectivity index (χ2v) is 6.07. The van der Waals surface area contributed by atoms with Gasteiger partial charge in [-0.3, -0.25) is 0 Å². The van der Waals surface area contributed by atoms with Crippen LogP contribution in [0.25, 0.3) is 5.69 Å². The molecule has 1 aromatic heterocycles. The Balaban J connectivity index is 1.57. The van der Waals surface area contributed by atoms with E-state index >= 15 is 0 Å². The molecule has 22 heavy (non-hydrogen) atoms. The number of rotatable bonds is 11. The number of para-hydroxylation sites is 1. The van der Waals surface area contributed by atoms with Crippen LogP contribution in [-0.4, -0.2) is 15.0 Å². The molecule has 2 aromatic rings. The van der Waals surface area contributed by atoms with Gasteiger partial charge < -0.3 is 0 Å². The topological polar surface area (TPSA) is 30.7 Å². The molecule has 0 aliphatic carbocycles. The van der Waals surface area contributed by atoms with Gasteiger partial charge in [0.15, 0.2) is 0 Å². The molecule has 3 heteroatoms. The van der Waals surface area contributed by atoms with Crippen LogP contribution in [0.2, 0.25) is 0 Å². The first-order valence-electron chi connectivity index (χ1n) is 8.87. The third-order valence-electron chi connectivity index (χ3n) is 4.10. The maximum absolute atomic E-state index is 4.27. The van der Waals surface area contributed by atoms with Gasteiger partial charge in [-0.05, 0) is 25.0 Å². The normalized spacial score (nSPS) is 11.0. The van der Waals surface area contributed by atoms with E-state index in [9.17, 15) is 0 Å². The predicted molar refractivity (Wildman–Crippen MR) is 92.3 cm³/mol. The second-order valence-electron chi connectivity index (χ2n) is 6.07. The van der Waals surface area contributed by atoms with Crippen molar-refractivity contribution in [3.8, 4) is 5.69 Å². The number of aromatic nitrogens is 3. The first-order chi connectivity index (χ1) is 10.9. The van der Waals surface area contributed by atoms with E-state index in [1.165, 1.54) is 57.8 Å². The maximum Gasteiger partial charge on any atom is 0.0831 e. The monoisotopic (exact) mass is 299 g/mol. The van der Waals surface area contributed by atoms with Crippen molar-refractivity contribution in [2.75, 3.05) is 0 Å². The summed E-state index contributed by atoms with van der Waals surface area (Å²) in [5, 5.41) is 8.48. The summed E-state index contributed by atoms with van der Waals surface area (Å²) in [6, 6.07) is 10.2. The maximum atomic E-state index is 4.27. The van der Waals surface area contributed by atoms with Crippen LogP contribution in [0.1, 0.15) is 70.4 Å². The highest BCUT2D eigenvalue weighted by Crippen LogP contribution is 2.12. The smallest absolute Gasteiger partial charge is 0.0831 e. The minimum absolute atomic E-state index is 1.04. The summed E-state index contributed by atoms with van der Waals surface area (Å²) in [7, 11) is 0. The molecule has 0 amide bonds. The lowest BCUT2D eigenvalue weighted by molar-refractivity contribution is 0.563. The standard InChI is InChI=1S/C19H29N3/c1-2-3-4-5-6-7-8-9-11-14-18-17-22(21-20-18)19-15-12-10-13-16-19/h10,12-13,15-17H,2-9,11,14H2,1H3. The zero-order valence-corrected chi connectivity index (χ0v) is 13.9. The average molecular weight is 299 g/mol. The van der Waals surface area contributed by atoms with Crippen LogP contribution >= 0.6 is 0 Å². The second kappa shape index (κ2) is 10.1. The summed E-state index contributed by atoms with van der Waals surface area (Å²) >= 11 is 0. The molecule has 0 saturated heterocycles. The number of nitrogens with zero attached hydrogens (tertiary/aromatic N) is 3. The third kappa shape index (κ3) is 6.00. The molecule has 0 radical (unpaired) electrons. The van der Waals surface area contributed by atoms with Crippen LogP contribution in [0.3, 0.4) is 0 Å². The van der Waals surface area contributed by atoms with Gasteiger partial charge >= 0.3 is 0 Å². The number of benzene rings is 1. The zero-order valence-electron chi connectivity index (χ0n) is 13.9. The molecule has 0 N–H and O–H groups in total. The Morgan fingerprint density at radius 2 is 1.45 bits per heavy atom. The van der Waals surface area contributed by atoms with Gasteiger partial charge in [0.2, 0.25) is 0 Å².